The number of halogens is 2. The van der Waals surface area contributed by atoms with Crippen molar-refractivity contribution in [1.82, 2.24) is 14.7 Å². The smallest absolute Gasteiger partial charge is 0.124 e. The molecule has 0 saturated heterocycles. The average Bonchev–Trinajstić information content (AvgIpc) is 2.94. The largest absolute Gasteiger partial charge is 0.311 e. The van der Waals surface area contributed by atoms with Gasteiger partial charge in [-0.2, -0.15) is 0 Å². The van der Waals surface area contributed by atoms with E-state index in [0.29, 0.717) is 5.02 Å². The van der Waals surface area contributed by atoms with Gasteiger partial charge < -0.3 is 9.72 Å². The van der Waals surface area contributed by atoms with Gasteiger partial charge in [0.15, 0.2) is 0 Å². The van der Waals surface area contributed by atoms with E-state index in [0.717, 1.165) is 36.3 Å². The maximum absolute atomic E-state index is 13.0. The van der Waals surface area contributed by atoms with Crippen molar-refractivity contribution in [2.24, 2.45) is 0 Å². The lowest BCUT2D eigenvalue weighted by Gasteiger charge is -2.08. The second kappa shape index (κ2) is 6.24. The summed E-state index contributed by atoms with van der Waals surface area (Å²) in [6, 6.07) is 10.6. The molecule has 5 heteroatoms. The molecule has 108 valence electrons. The highest BCUT2D eigenvalue weighted by molar-refractivity contribution is 6.31. The van der Waals surface area contributed by atoms with E-state index in [1.807, 2.05) is 24.7 Å². The third-order valence-electron chi connectivity index (χ3n) is 3.42. The van der Waals surface area contributed by atoms with Crippen LogP contribution >= 0.6 is 11.6 Å². The molecule has 0 spiro atoms. The Morgan fingerprint density at radius 1 is 1.24 bits per heavy atom. The number of benzene rings is 1. The van der Waals surface area contributed by atoms with E-state index in [1.54, 1.807) is 6.07 Å². The maximum atomic E-state index is 13.0. The minimum absolute atomic E-state index is 0.302. The summed E-state index contributed by atoms with van der Waals surface area (Å²) in [5.74, 6) is -0.302. The van der Waals surface area contributed by atoms with Crippen LogP contribution in [0, 0.1) is 5.82 Å². The molecule has 3 nitrogen and oxygen atoms in total. The molecule has 21 heavy (non-hydrogen) atoms. The van der Waals surface area contributed by atoms with Crippen molar-refractivity contribution < 1.29 is 4.39 Å². The number of hydrogen-bond acceptors (Lipinski definition) is 2. The lowest BCUT2D eigenvalue weighted by atomic mass is 10.1. The minimum atomic E-state index is -0.302. The summed E-state index contributed by atoms with van der Waals surface area (Å²) in [4.78, 5) is 4.14. The highest BCUT2D eigenvalue weighted by atomic mass is 35.5. The summed E-state index contributed by atoms with van der Waals surface area (Å²) >= 11 is 6.01. The molecule has 3 rings (SSSR count). The normalized spacial score (nSPS) is 11.1. The predicted octanol–water partition coefficient (Wildman–Crippen LogP) is 3.46. The fraction of sp³-hybridized carbons (Fsp3) is 0.188. The van der Waals surface area contributed by atoms with Crippen LogP contribution in [0.5, 0.6) is 0 Å². The standard InChI is InChI=1S/C16H15ClFN3/c17-16-8-13(18)5-4-12(16)6-7-19-9-14-2-1-3-15-10-20-11-21(14)15/h1-5,8,10-11,19H,6-7,9H2. The van der Waals surface area contributed by atoms with Crippen molar-refractivity contribution in [2.45, 2.75) is 13.0 Å². The third-order valence-corrected chi connectivity index (χ3v) is 3.78. The van der Waals surface area contributed by atoms with E-state index in [4.69, 9.17) is 11.6 Å². The number of nitrogens with one attached hydrogen (secondary N) is 1. The van der Waals surface area contributed by atoms with Gasteiger partial charge >= 0.3 is 0 Å². The van der Waals surface area contributed by atoms with Gasteiger partial charge in [0.05, 0.1) is 18.0 Å². The first-order valence-corrected chi connectivity index (χ1v) is 7.16. The lowest BCUT2D eigenvalue weighted by molar-refractivity contribution is 0.625. The highest BCUT2D eigenvalue weighted by Gasteiger charge is 2.03. The van der Waals surface area contributed by atoms with Crippen LogP contribution in [0.1, 0.15) is 11.3 Å². The fourth-order valence-electron chi connectivity index (χ4n) is 2.31. The summed E-state index contributed by atoms with van der Waals surface area (Å²) in [6.45, 7) is 1.52. The molecule has 2 heterocycles. The zero-order chi connectivity index (χ0) is 14.7. The maximum Gasteiger partial charge on any atom is 0.124 e. The first kappa shape index (κ1) is 14.0. The molecule has 1 N–H and O–H groups in total. The molecular formula is C16H15ClFN3. The van der Waals surface area contributed by atoms with Crippen LogP contribution in [0.4, 0.5) is 4.39 Å². The molecule has 2 aromatic heterocycles. The van der Waals surface area contributed by atoms with Gasteiger partial charge in [-0.3, -0.25) is 0 Å². The summed E-state index contributed by atoms with van der Waals surface area (Å²) in [6.07, 6.45) is 4.41. The summed E-state index contributed by atoms with van der Waals surface area (Å²) < 4.78 is 15.0. The van der Waals surface area contributed by atoms with Crippen LogP contribution in [0.15, 0.2) is 48.9 Å². The third kappa shape index (κ3) is 3.23. The van der Waals surface area contributed by atoms with Gasteiger partial charge in [-0.05, 0) is 42.8 Å². The zero-order valence-corrected chi connectivity index (χ0v) is 12.1. The van der Waals surface area contributed by atoms with Crippen LogP contribution in [-0.4, -0.2) is 15.9 Å². The predicted molar refractivity (Wildman–Crippen MR) is 82.0 cm³/mol. The number of nitrogens with zero attached hydrogens (tertiary/aromatic N) is 2. The Labute approximate surface area is 127 Å². The summed E-state index contributed by atoms with van der Waals surface area (Å²) in [5.41, 5.74) is 3.18. The van der Waals surface area contributed by atoms with E-state index < -0.39 is 0 Å². The van der Waals surface area contributed by atoms with Crippen LogP contribution in [-0.2, 0) is 13.0 Å². The van der Waals surface area contributed by atoms with Crippen molar-refractivity contribution >= 4 is 17.1 Å². The van der Waals surface area contributed by atoms with Gasteiger partial charge in [0.25, 0.3) is 0 Å². The lowest BCUT2D eigenvalue weighted by Crippen LogP contribution is -2.18. The SMILES string of the molecule is Fc1ccc(CCNCc2cccc3cncn23)c(Cl)c1. The molecule has 0 radical (unpaired) electrons. The van der Waals surface area contributed by atoms with E-state index in [9.17, 15) is 4.39 Å². The fourth-order valence-corrected chi connectivity index (χ4v) is 2.58. The molecule has 0 aliphatic rings. The molecule has 1 aromatic carbocycles. The van der Waals surface area contributed by atoms with Crippen molar-refractivity contribution in [3.63, 3.8) is 0 Å². The van der Waals surface area contributed by atoms with Crippen molar-refractivity contribution in [3.05, 3.63) is 71.0 Å². The van der Waals surface area contributed by atoms with Gasteiger partial charge in [0.2, 0.25) is 0 Å². The number of aromatic nitrogens is 2. The van der Waals surface area contributed by atoms with Crippen LogP contribution in [0.25, 0.3) is 5.52 Å². The van der Waals surface area contributed by atoms with Gasteiger partial charge in [-0.25, -0.2) is 9.37 Å². The zero-order valence-electron chi connectivity index (χ0n) is 11.4. The number of hydrogen-bond donors (Lipinski definition) is 1. The number of pyridine rings is 1. The molecule has 0 bridgehead atoms. The Morgan fingerprint density at radius 3 is 3.00 bits per heavy atom. The van der Waals surface area contributed by atoms with Gasteiger partial charge in [-0.1, -0.05) is 23.7 Å². The van der Waals surface area contributed by atoms with E-state index >= 15 is 0 Å². The molecule has 0 saturated carbocycles. The molecular weight excluding hydrogens is 289 g/mol. The van der Waals surface area contributed by atoms with Crippen molar-refractivity contribution in [1.29, 1.82) is 0 Å². The Hall–Kier alpha value is -1.91. The molecule has 0 fully saturated rings. The number of fused-ring (bicyclic) bond motifs is 1. The van der Waals surface area contributed by atoms with Crippen LogP contribution < -0.4 is 5.32 Å². The molecule has 0 aliphatic heterocycles. The molecule has 0 amide bonds. The Balaban J connectivity index is 1.58. The first-order valence-electron chi connectivity index (χ1n) is 6.78. The second-order valence-corrected chi connectivity index (χ2v) is 5.28. The number of imidazole rings is 1. The molecule has 0 aliphatic carbocycles. The highest BCUT2D eigenvalue weighted by Crippen LogP contribution is 2.17. The van der Waals surface area contributed by atoms with Crippen LogP contribution in [0.2, 0.25) is 5.02 Å². The topological polar surface area (TPSA) is 29.3 Å². The first-order chi connectivity index (χ1) is 10.2. The monoisotopic (exact) mass is 303 g/mol. The quantitative estimate of drug-likeness (QED) is 0.731. The molecule has 3 aromatic rings. The number of rotatable bonds is 5. The Bertz CT molecular complexity index is 754. The van der Waals surface area contributed by atoms with E-state index in [1.165, 1.54) is 12.1 Å². The van der Waals surface area contributed by atoms with Gasteiger partial charge in [0.1, 0.15) is 5.82 Å². The van der Waals surface area contributed by atoms with Crippen molar-refractivity contribution in [3.8, 4) is 0 Å². The van der Waals surface area contributed by atoms with Gasteiger partial charge in [-0.15, -0.1) is 0 Å². The van der Waals surface area contributed by atoms with E-state index in [2.05, 4.69) is 20.8 Å². The summed E-state index contributed by atoms with van der Waals surface area (Å²) in [5, 5.41) is 3.85. The summed E-state index contributed by atoms with van der Waals surface area (Å²) in [7, 11) is 0. The van der Waals surface area contributed by atoms with Crippen LogP contribution in [0.3, 0.4) is 0 Å². The second-order valence-electron chi connectivity index (χ2n) is 4.87. The van der Waals surface area contributed by atoms with E-state index in [-0.39, 0.29) is 5.82 Å². The Kier molecular flexibility index (Phi) is 4.18. The Morgan fingerprint density at radius 2 is 2.14 bits per heavy atom. The minimum Gasteiger partial charge on any atom is -0.311 e. The molecule has 0 atom stereocenters. The van der Waals surface area contributed by atoms with Crippen molar-refractivity contribution in [2.75, 3.05) is 6.54 Å². The average molecular weight is 304 g/mol. The van der Waals surface area contributed by atoms with Gasteiger partial charge in [0, 0.05) is 17.3 Å². The molecule has 0 unspecified atom stereocenters.